The first kappa shape index (κ1) is 11.0. The molecular formula is C12H15ClOS. The Labute approximate surface area is 99.7 Å². The predicted octanol–water partition coefficient (Wildman–Crippen LogP) is 4.85. The van der Waals surface area contributed by atoms with Crippen molar-refractivity contribution in [3.05, 3.63) is 26.6 Å². The van der Waals surface area contributed by atoms with Crippen molar-refractivity contribution in [3.63, 3.8) is 0 Å². The summed E-state index contributed by atoms with van der Waals surface area (Å²) in [6, 6.07) is 2.02. The van der Waals surface area contributed by atoms with Crippen molar-refractivity contribution >= 4 is 28.5 Å². The van der Waals surface area contributed by atoms with Crippen LogP contribution in [0.2, 0.25) is 4.34 Å². The van der Waals surface area contributed by atoms with Gasteiger partial charge in [-0.25, -0.2) is 0 Å². The van der Waals surface area contributed by atoms with Gasteiger partial charge in [-0.2, -0.15) is 0 Å². The minimum atomic E-state index is 0.689. The monoisotopic (exact) mass is 242 g/mol. The van der Waals surface area contributed by atoms with E-state index in [0.717, 1.165) is 16.5 Å². The number of ether oxygens (including phenoxy) is 1. The number of unbranched alkanes of at least 4 members (excludes halogenated alkanes) is 1. The number of thiophene rings is 1. The minimum absolute atomic E-state index is 0.689. The van der Waals surface area contributed by atoms with Crippen LogP contribution in [0, 0.1) is 0 Å². The molecule has 0 spiro atoms. The Kier molecular flexibility index (Phi) is 3.37. The van der Waals surface area contributed by atoms with Gasteiger partial charge in [0, 0.05) is 22.4 Å². The van der Waals surface area contributed by atoms with Gasteiger partial charge in [-0.05, 0) is 19.4 Å². The van der Waals surface area contributed by atoms with Crippen LogP contribution in [0.25, 0.3) is 5.57 Å². The second-order valence-corrected chi connectivity index (χ2v) is 5.53. The van der Waals surface area contributed by atoms with Crippen molar-refractivity contribution in [1.29, 1.82) is 0 Å². The van der Waals surface area contributed by atoms with E-state index in [0.29, 0.717) is 6.61 Å². The maximum atomic E-state index is 6.01. The molecule has 1 aromatic rings. The van der Waals surface area contributed by atoms with Crippen LogP contribution < -0.4 is 0 Å². The topological polar surface area (TPSA) is 9.23 Å². The lowest BCUT2D eigenvalue weighted by atomic mass is 10.1. The number of halogens is 1. The van der Waals surface area contributed by atoms with E-state index in [1.54, 1.807) is 11.3 Å². The summed E-state index contributed by atoms with van der Waals surface area (Å²) in [4.78, 5) is 1.32. The Hall–Kier alpha value is -0.470. The second-order valence-electron chi connectivity index (χ2n) is 3.85. The van der Waals surface area contributed by atoms with Gasteiger partial charge in [0.1, 0.15) is 12.4 Å². The van der Waals surface area contributed by atoms with Crippen LogP contribution >= 0.6 is 22.9 Å². The molecular weight excluding hydrogens is 228 g/mol. The maximum Gasteiger partial charge on any atom is 0.114 e. The van der Waals surface area contributed by atoms with Crippen molar-refractivity contribution in [2.45, 2.75) is 39.7 Å². The molecule has 82 valence electrons. The summed E-state index contributed by atoms with van der Waals surface area (Å²) >= 11 is 7.67. The van der Waals surface area contributed by atoms with Gasteiger partial charge in [-0.1, -0.05) is 24.9 Å². The number of allylic oxidation sites excluding steroid dienone is 2. The third kappa shape index (κ3) is 2.21. The molecule has 2 rings (SSSR count). The molecule has 0 saturated heterocycles. The summed E-state index contributed by atoms with van der Waals surface area (Å²) in [5.41, 5.74) is 2.52. The van der Waals surface area contributed by atoms with Gasteiger partial charge in [-0.3, -0.25) is 0 Å². The SMILES string of the molecule is CCCCC1=C(C)c2sc(Cl)cc2CO1. The number of hydrogen-bond donors (Lipinski definition) is 0. The van der Waals surface area contributed by atoms with Crippen LogP contribution in [0.15, 0.2) is 11.8 Å². The highest BCUT2D eigenvalue weighted by molar-refractivity contribution is 7.17. The van der Waals surface area contributed by atoms with E-state index >= 15 is 0 Å². The predicted molar refractivity (Wildman–Crippen MR) is 66.2 cm³/mol. The normalized spacial score (nSPS) is 15.1. The Morgan fingerprint density at radius 3 is 3.07 bits per heavy atom. The van der Waals surface area contributed by atoms with E-state index in [9.17, 15) is 0 Å². The minimum Gasteiger partial charge on any atom is -0.493 e. The lowest BCUT2D eigenvalue weighted by Gasteiger charge is -2.19. The zero-order chi connectivity index (χ0) is 10.8. The fourth-order valence-corrected chi connectivity index (χ4v) is 3.09. The maximum absolute atomic E-state index is 6.01. The highest BCUT2D eigenvalue weighted by Gasteiger charge is 2.19. The van der Waals surface area contributed by atoms with Crippen LogP contribution in [0.4, 0.5) is 0 Å². The molecule has 0 aliphatic carbocycles. The van der Waals surface area contributed by atoms with Gasteiger partial charge in [-0.15, -0.1) is 11.3 Å². The van der Waals surface area contributed by atoms with E-state index in [4.69, 9.17) is 16.3 Å². The van der Waals surface area contributed by atoms with Gasteiger partial charge in [0.05, 0.1) is 4.34 Å². The molecule has 15 heavy (non-hydrogen) atoms. The van der Waals surface area contributed by atoms with Gasteiger partial charge in [0.2, 0.25) is 0 Å². The van der Waals surface area contributed by atoms with E-state index in [1.807, 2.05) is 6.07 Å². The average Bonchev–Trinajstić information content (AvgIpc) is 2.59. The second kappa shape index (κ2) is 4.58. The third-order valence-corrected chi connectivity index (χ3v) is 4.12. The van der Waals surface area contributed by atoms with Crippen molar-refractivity contribution in [2.24, 2.45) is 0 Å². The van der Waals surface area contributed by atoms with Crippen molar-refractivity contribution in [1.82, 2.24) is 0 Å². The molecule has 0 radical (unpaired) electrons. The zero-order valence-electron chi connectivity index (χ0n) is 9.10. The quantitative estimate of drug-likeness (QED) is 0.736. The molecule has 0 fully saturated rings. The standard InChI is InChI=1S/C12H15ClOS/c1-3-4-5-10-8(2)12-9(7-14-10)6-11(13)15-12/h6H,3-5,7H2,1-2H3. The van der Waals surface area contributed by atoms with Crippen LogP contribution in [0.1, 0.15) is 43.6 Å². The molecule has 1 aliphatic heterocycles. The molecule has 0 aromatic carbocycles. The largest absolute Gasteiger partial charge is 0.493 e. The first-order chi connectivity index (χ1) is 7.22. The fourth-order valence-electron chi connectivity index (χ4n) is 1.82. The molecule has 0 bridgehead atoms. The Morgan fingerprint density at radius 1 is 1.53 bits per heavy atom. The van der Waals surface area contributed by atoms with E-state index in [2.05, 4.69) is 13.8 Å². The highest BCUT2D eigenvalue weighted by Crippen LogP contribution is 2.38. The Morgan fingerprint density at radius 2 is 2.33 bits per heavy atom. The molecule has 1 nitrogen and oxygen atoms in total. The Bertz CT molecular complexity index is 392. The molecule has 0 amide bonds. The summed E-state index contributed by atoms with van der Waals surface area (Å²) in [5.74, 6) is 1.16. The van der Waals surface area contributed by atoms with Crippen molar-refractivity contribution < 1.29 is 4.74 Å². The lowest BCUT2D eigenvalue weighted by molar-refractivity contribution is 0.184. The van der Waals surface area contributed by atoms with Gasteiger partial charge in [0.25, 0.3) is 0 Å². The molecule has 0 unspecified atom stereocenters. The van der Waals surface area contributed by atoms with Crippen LogP contribution in [0.5, 0.6) is 0 Å². The van der Waals surface area contributed by atoms with E-state index < -0.39 is 0 Å². The van der Waals surface area contributed by atoms with Crippen molar-refractivity contribution in [3.8, 4) is 0 Å². The summed E-state index contributed by atoms with van der Waals surface area (Å²) in [5, 5.41) is 0. The molecule has 1 aromatic heterocycles. The van der Waals surface area contributed by atoms with Crippen LogP contribution in [-0.4, -0.2) is 0 Å². The van der Waals surface area contributed by atoms with Gasteiger partial charge < -0.3 is 4.74 Å². The van der Waals surface area contributed by atoms with E-state index in [1.165, 1.54) is 28.9 Å². The third-order valence-electron chi connectivity index (χ3n) is 2.70. The smallest absolute Gasteiger partial charge is 0.114 e. The summed E-state index contributed by atoms with van der Waals surface area (Å²) in [7, 11) is 0. The summed E-state index contributed by atoms with van der Waals surface area (Å²) in [6.45, 7) is 5.02. The lowest BCUT2D eigenvalue weighted by Crippen LogP contribution is -2.03. The number of rotatable bonds is 3. The van der Waals surface area contributed by atoms with E-state index in [-0.39, 0.29) is 0 Å². The van der Waals surface area contributed by atoms with Crippen LogP contribution in [0.3, 0.4) is 0 Å². The highest BCUT2D eigenvalue weighted by atomic mass is 35.5. The van der Waals surface area contributed by atoms with Gasteiger partial charge in [0.15, 0.2) is 0 Å². The van der Waals surface area contributed by atoms with Crippen LogP contribution in [-0.2, 0) is 11.3 Å². The molecule has 2 heterocycles. The average molecular weight is 243 g/mol. The Balaban J connectivity index is 2.27. The first-order valence-electron chi connectivity index (χ1n) is 5.33. The zero-order valence-corrected chi connectivity index (χ0v) is 10.7. The summed E-state index contributed by atoms with van der Waals surface area (Å²) < 4.78 is 6.62. The molecule has 0 atom stereocenters. The fraction of sp³-hybridized carbons (Fsp3) is 0.500. The first-order valence-corrected chi connectivity index (χ1v) is 6.53. The van der Waals surface area contributed by atoms with Crippen molar-refractivity contribution in [2.75, 3.05) is 0 Å². The number of hydrogen-bond acceptors (Lipinski definition) is 2. The molecule has 3 heteroatoms. The molecule has 1 aliphatic rings. The molecule has 0 saturated carbocycles. The number of fused-ring (bicyclic) bond motifs is 1. The molecule has 0 N–H and O–H groups in total. The summed E-state index contributed by atoms with van der Waals surface area (Å²) in [6.07, 6.45) is 3.45. The van der Waals surface area contributed by atoms with Gasteiger partial charge >= 0.3 is 0 Å².